The van der Waals surface area contributed by atoms with Crippen molar-refractivity contribution in [3.63, 3.8) is 0 Å². The minimum atomic E-state index is 0.127. The summed E-state index contributed by atoms with van der Waals surface area (Å²) in [5.41, 5.74) is 0.127. The van der Waals surface area contributed by atoms with Gasteiger partial charge in [0, 0.05) is 12.6 Å². The van der Waals surface area contributed by atoms with E-state index in [1.54, 1.807) is 0 Å². The predicted molar refractivity (Wildman–Crippen MR) is 56.0 cm³/mol. The van der Waals surface area contributed by atoms with E-state index < -0.39 is 0 Å². The lowest BCUT2D eigenvalue weighted by atomic mass is 9.80. The summed E-state index contributed by atoms with van der Waals surface area (Å²) in [6.45, 7) is 5.17. The summed E-state index contributed by atoms with van der Waals surface area (Å²) >= 11 is 0. The van der Waals surface area contributed by atoms with Crippen LogP contribution in [0.4, 0.5) is 0 Å². The van der Waals surface area contributed by atoms with Crippen LogP contribution in [0.3, 0.4) is 0 Å². The second kappa shape index (κ2) is 4.97. The Morgan fingerprint density at radius 3 is 2.38 bits per heavy atom. The minimum Gasteiger partial charge on any atom is -0.374 e. The van der Waals surface area contributed by atoms with E-state index in [9.17, 15) is 0 Å². The number of rotatable bonds is 4. The predicted octanol–water partition coefficient (Wildman–Crippen LogP) is 2.33. The van der Waals surface area contributed by atoms with Crippen LogP contribution in [0.25, 0.3) is 0 Å². The largest absolute Gasteiger partial charge is 0.374 e. The number of ether oxygens (including phenoxy) is 1. The molecule has 0 aliphatic heterocycles. The molecule has 1 N–H and O–H groups in total. The summed E-state index contributed by atoms with van der Waals surface area (Å²) in [5, 5.41) is 3.34. The smallest absolute Gasteiger partial charge is 0.0831 e. The van der Waals surface area contributed by atoms with Crippen LogP contribution in [0.5, 0.6) is 0 Å². The van der Waals surface area contributed by atoms with Gasteiger partial charge in [-0.05, 0) is 33.7 Å². The van der Waals surface area contributed by atoms with Crippen molar-refractivity contribution in [2.24, 2.45) is 0 Å². The first kappa shape index (κ1) is 11.0. The quantitative estimate of drug-likeness (QED) is 0.726. The molecule has 0 bridgehead atoms. The molecule has 0 spiro atoms. The fraction of sp³-hybridized carbons (Fsp3) is 1.00. The molecule has 1 rings (SSSR count). The van der Waals surface area contributed by atoms with Gasteiger partial charge in [-0.1, -0.05) is 19.3 Å². The highest BCUT2D eigenvalue weighted by Gasteiger charge is 2.37. The van der Waals surface area contributed by atoms with E-state index in [0.717, 1.165) is 6.61 Å². The van der Waals surface area contributed by atoms with Gasteiger partial charge in [-0.15, -0.1) is 0 Å². The highest BCUT2D eigenvalue weighted by molar-refractivity contribution is 4.92. The van der Waals surface area contributed by atoms with Crippen LogP contribution in [0.2, 0.25) is 0 Å². The molecular formula is C11H23NO. The summed E-state index contributed by atoms with van der Waals surface area (Å²) in [5.74, 6) is 0. The lowest BCUT2D eigenvalue weighted by Gasteiger charge is -2.41. The third-order valence-electron chi connectivity index (χ3n) is 3.35. The van der Waals surface area contributed by atoms with Gasteiger partial charge in [0.25, 0.3) is 0 Å². The second-order valence-electron chi connectivity index (χ2n) is 4.07. The first-order chi connectivity index (χ1) is 6.25. The summed E-state index contributed by atoms with van der Waals surface area (Å²) in [7, 11) is 2.03. The first-order valence-electron chi connectivity index (χ1n) is 5.56. The maximum absolute atomic E-state index is 5.96. The van der Waals surface area contributed by atoms with E-state index in [0.29, 0.717) is 6.04 Å². The summed E-state index contributed by atoms with van der Waals surface area (Å²) in [6, 6.07) is 0.479. The summed E-state index contributed by atoms with van der Waals surface area (Å²) in [6.07, 6.45) is 6.48. The molecular weight excluding hydrogens is 162 g/mol. The van der Waals surface area contributed by atoms with Crippen molar-refractivity contribution in [3.8, 4) is 0 Å². The van der Waals surface area contributed by atoms with Gasteiger partial charge in [0.1, 0.15) is 0 Å². The molecule has 0 heterocycles. The monoisotopic (exact) mass is 185 g/mol. The molecule has 1 aliphatic rings. The van der Waals surface area contributed by atoms with Crippen LogP contribution in [0, 0.1) is 0 Å². The molecule has 2 heteroatoms. The molecule has 0 aromatic heterocycles. The van der Waals surface area contributed by atoms with Crippen LogP contribution in [-0.2, 0) is 4.74 Å². The number of hydrogen-bond acceptors (Lipinski definition) is 2. The number of nitrogens with one attached hydrogen (secondary N) is 1. The van der Waals surface area contributed by atoms with Gasteiger partial charge >= 0.3 is 0 Å². The number of likely N-dealkylation sites (N-methyl/N-ethyl adjacent to an activating group) is 1. The molecule has 1 fully saturated rings. The highest BCUT2D eigenvalue weighted by Crippen LogP contribution is 2.34. The third-order valence-corrected chi connectivity index (χ3v) is 3.35. The van der Waals surface area contributed by atoms with Crippen LogP contribution in [0.15, 0.2) is 0 Å². The normalized spacial score (nSPS) is 24.2. The average molecular weight is 185 g/mol. The van der Waals surface area contributed by atoms with Crippen molar-refractivity contribution in [2.45, 2.75) is 57.6 Å². The lowest BCUT2D eigenvalue weighted by molar-refractivity contribution is -0.0845. The standard InChI is InChI=1S/C11H23NO/c1-4-13-11(10(2)12-3)8-6-5-7-9-11/h10,12H,4-9H2,1-3H3. The Balaban J connectivity index is 2.60. The van der Waals surface area contributed by atoms with Crippen molar-refractivity contribution >= 4 is 0 Å². The summed E-state index contributed by atoms with van der Waals surface area (Å²) in [4.78, 5) is 0. The van der Waals surface area contributed by atoms with Crippen molar-refractivity contribution in [1.29, 1.82) is 0 Å². The molecule has 0 amide bonds. The van der Waals surface area contributed by atoms with Gasteiger partial charge in [-0.25, -0.2) is 0 Å². The zero-order chi connectivity index (χ0) is 9.73. The van der Waals surface area contributed by atoms with Gasteiger partial charge in [0.15, 0.2) is 0 Å². The van der Waals surface area contributed by atoms with Crippen LogP contribution in [0.1, 0.15) is 46.0 Å². The lowest BCUT2D eigenvalue weighted by Crippen LogP contribution is -2.51. The summed E-state index contributed by atoms with van der Waals surface area (Å²) < 4.78 is 5.96. The van der Waals surface area contributed by atoms with E-state index in [1.165, 1.54) is 32.1 Å². The molecule has 78 valence electrons. The molecule has 0 aromatic carbocycles. The molecule has 0 saturated heterocycles. The Bertz CT molecular complexity index is 136. The Labute approximate surface area is 82.0 Å². The Kier molecular flexibility index (Phi) is 4.20. The Morgan fingerprint density at radius 2 is 1.92 bits per heavy atom. The maximum Gasteiger partial charge on any atom is 0.0831 e. The fourth-order valence-corrected chi connectivity index (χ4v) is 2.40. The van der Waals surface area contributed by atoms with Gasteiger partial charge in [0.05, 0.1) is 5.60 Å². The SMILES string of the molecule is CCOC1(C(C)NC)CCCCC1. The van der Waals surface area contributed by atoms with Crippen molar-refractivity contribution in [3.05, 3.63) is 0 Å². The van der Waals surface area contributed by atoms with Crippen molar-refractivity contribution < 1.29 is 4.74 Å². The van der Waals surface area contributed by atoms with Crippen molar-refractivity contribution in [2.75, 3.05) is 13.7 Å². The fourth-order valence-electron chi connectivity index (χ4n) is 2.40. The van der Waals surface area contributed by atoms with E-state index in [4.69, 9.17) is 4.74 Å². The number of hydrogen-bond donors (Lipinski definition) is 1. The Morgan fingerprint density at radius 1 is 1.31 bits per heavy atom. The topological polar surface area (TPSA) is 21.3 Å². The van der Waals surface area contributed by atoms with E-state index in [-0.39, 0.29) is 5.60 Å². The Hall–Kier alpha value is -0.0800. The highest BCUT2D eigenvalue weighted by atomic mass is 16.5. The van der Waals surface area contributed by atoms with E-state index >= 15 is 0 Å². The zero-order valence-corrected chi connectivity index (χ0v) is 9.23. The minimum absolute atomic E-state index is 0.127. The molecule has 1 saturated carbocycles. The van der Waals surface area contributed by atoms with Gasteiger partial charge in [-0.3, -0.25) is 0 Å². The average Bonchev–Trinajstić information content (AvgIpc) is 2.18. The molecule has 0 radical (unpaired) electrons. The van der Waals surface area contributed by atoms with Gasteiger partial charge in [-0.2, -0.15) is 0 Å². The van der Waals surface area contributed by atoms with Crippen LogP contribution >= 0.6 is 0 Å². The van der Waals surface area contributed by atoms with E-state index in [1.807, 2.05) is 7.05 Å². The van der Waals surface area contributed by atoms with Crippen LogP contribution < -0.4 is 5.32 Å². The molecule has 2 nitrogen and oxygen atoms in total. The third kappa shape index (κ3) is 2.44. The molecule has 1 unspecified atom stereocenters. The van der Waals surface area contributed by atoms with Gasteiger partial charge in [0.2, 0.25) is 0 Å². The second-order valence-corrected chi connectivity index (χ2v) is 4.07. The van der Waals surface area contributed by atoms with Gasteiger partial charge < -0.3 is 10.1 Å². The first-order valence-corrected chi connectivity index (χ1v) is 5.56. The van der Waals surface area contributed by atoms with E-state index in [2.05, 4.69) is 19.2 Å². The maximum atomic E-state index is 5.96. The van der Waals surface area contributed by atoms with Crippen LogP contribution in [-0.4, -0.2) is 25.3 Å². The molecule has 13 heavy (non-hydrogen) atoms. The molecule has 0 aromatic rings. The molecule has 1 aliphatic carbocycles. The molecule has 1 atom stereocenters. The van der Waals surface area contributed by atoms with Crippen molar-refractivity contribution in [1.82, 2.24) is 5.32 Å². The zero-order valence-electron chi connectivity index (χ0n) is 9.23.